The molecule has 0 saturated heterocycles. The van der Waals surface area contributed by atoms with E-state index in [0.29, 0.717) is 0 Å². The van der Waals surface area contributed by atoms with Crippen LogP contribution in [0.1, 0.15) is 112 Å². The molecule has 3 saturated carbocycles. The van der Waals surface area contributed by atoms with E-state index in [9.17, 15) is 14.4 Å². The van der Waals surface area contributed by atoms with Crippen LogP contribution in [0.4, 0.5) is 0 Å². The minimum Gasteiger partial charge on any atom is -0.272 e. The standard InChI is InChI=1S/C18H20N2O.C16H16N2O.C15H14N2O/c21-18(16-9-5-2-6-10-16)20-14-13-17(19-20)12-11-15-7-3-1-4-8-15;19-16(14-7-4-8-14)18-12-11-15(17-18)10-9-13-5-2-1-3-6-13;18-15(13-7-8-13)17-11-10-14(16-17)9-6-12-4-2-1-3-5-12/h1,3-4,7-8,11-14,16H,2,5-6,9-10H2;1-3,5-6,9-12,14H,4,7-8H2;1-6,9-11,13H,7-8H2/b12-11+;10-9+;9-6+. The van der Waals surface area contributed by atoms with Gasteiger partial charge in [-0.15, -0.1) is 0 Å². The highest BCUT2D eigenvalue weighted by Gasteiger charge is 2.31. The molecule has 0 N–H and O–H groups in total. The molecule has 9 nitrogen and oxygen atoms in total. The smallest absolute Gasteiger partial charge is 0.249 e. The van der Waals surface area contributed by atoms with Gasteiger partial charge in [-0.05, 0) is 91.6 Å². The number of rotatable bonds is 9. The van der Waals surface area contributed by atoms with Gasteiger partial charge in [0.15, 0.2) is 0 Å². The molecule has 294 valence electrons. The van der Waals surface area contributed by atoms with Crippen LogP contribution in [-0.4, -0.2) is 47.1 Å². The van der Waals surface area contributed by atoms with Crippen molar-refractivity contribution in [1.82, 2.24) is 29.3 Å². The monoisotopic (exact) mass is 770 g/mol. The van der Waals surface area contributed by atoms with Crippen molar-refractivity contribution >= 4 is 54.2 Å². The van der Waals surface area contributed by atoms with Crippen LogP contribution in [-0.2, 0) is 0 Å². The molecule has 0 radical (unpaired) electrons. The summed E-state index contributed by atoms with van der Waals surface area (Å²) >= 11 is 0. The van der Waals surface area contributed by atoms with Crippen molar-refractivity contribution in [2.75, 3.05) is 0 Å². The Kier molecular flexibility index (Phi) is 13.8. The fraction of sp³-hybridized carbons (Fsp3) is 0.265. The highest BCUT2D eigenvalue weighted by Crippen LogP contribution is 2.30. The Morgan fingerprint density at radius 3 is 0.983 bits per heavy atom. The molecule has 0 bridgehead atoms. The highest BCUT2D eigenvalue weighted by molar-refractivity contribution is 5.83. The molecule has 9 rings (SSSR count). The molecule has 0 unspecified atom stereocenters. The summed E-state index contributed by atoms with van der Waals surface area (Å²) < 4.78 is 4.46. The Morgan fingerprint density at radius 1 is 0.379 bits per heavy atom. The van der Waals surface area contributed by atoms with Gasteiger partial charge in [0, 0.05) is 36.3 Å². The lowest BCUT2D eigenvalue weighted by atomic mass is 9.85. The Morgan fingerprint density at radius 2 is 0.690 bits per heavy atom. The first-order chi connectivity index (χ1) is 28.5. The number of aromatic nitrogens is 6. The lowest BCUT2D eigenvalue weighted by molar-refractivity contribution is 0.0745. The molecule has 9 heteroatoms. The summed E-state index contributed by atoms with van der Waals surface area (Å²) in [5.74, 6) is 0.945. The third kappa shape index (κ3) is 11.5. The zero-order chi connectivity index (χ0) is 39.9. The van der Waals surface area contributed by atoms with Gasteiger partial charge in [0.1, 0.15) is 0 Å². The van der Waals surface area contributed by atoms with Gasteiger partial charge in [0.25, 0.3) is 0 Å². The van der Waals surface area contributed by atoms with Gasteiger partial charge in [-0.3, -0.25) is 14.4 Å². The first kappa shape index (κ1) is 39.7. The van der Waals surface area contributed by atoms with Gasteiger partial charge in [-0.2, -0.15) is 15.3 Å². The SMILES string of the molecule is O=C(C1CC1)n1ccc(/C=C/c2ccccc2)n1.O=C(C1CCC1)n1ccc(/C=C/c2ccccc2)n1.O=C(C1CCCCC1)n1ccc(/C=C/c2ccccc2)n1. The zero-order valence-corrected chi connectivity index (χ0v) is 32.8. The van der Waals surface area contributed by atoms with E-state index < -0.39 is 0 Å². The maximum atomic E-state index is 12.4. The van der Waals surface area contributed by atoms with Crippen LogP contribution in [0.3, 0.4) is 0 Å². The molecule has 0 amide bonds. The molecular weight excluding hydrogens is 721 g/mol. The van der Waals surface area contributed by atoms with Gasteiger partial charge < -0.3 is 0 Å². The largest absolute Gasteiger partial charge is 0.272 e. The summed E-state index contributed by atoms with van der Waals surface area (Å²) in [6.07, 6.45) is 27.9. The first-order valence-corrected chi connectivity index (χ1v) is 20.5. The Labute approximate surface area is 340 Å². The average Bonchev–Trinajstić information content (AvgIpc) is 3.58. The predicted molar refractivity (Wildman–Crippen MR) is 231 cm³/mol. The van der Waals surface area contributed by atoms with Crippen molar-refractivity contribution in [2.45, 2.75) is 64.2 Å². The Hall–Kier alpha value is -6.48. The average molecular weight is 771 g/mol. The molecule has 3 heterocycles. The van der Waals surface area contributed by atoms with E-state index >= 15 is 0 Å². The van der Waals surface area contributed by atoms with E-state index in [-0.39, 0.29) is 35.5 Å². The van der Waals surface area contributed by atoms with Crippen molar-refractivity contribution in [3.63, 3.8) is 0 Å². The van der Waals surface area contributed by atoms with Crippen LogP contribution < -0.4 is 0 Å². The third-order valence-corrected chi connectivity index (χ3v) is 10.6. The summed E-state index contributed by atoms with van der Waals surface area (Å²) in [5.41, 5.74) is 5.83. The molecule has 0 aliphatic heterocycles. The summed E-state index contributed by atoms with van der Waals surface area (Å²) in [4.78, 5) is 36.1. The summed E-state index contributed by atoms with van der Waals surface area (Å²) in [6.45, 7) is 0. The van der Waals surface area contributed by atoms with Crippen LogP contribution in [0.15, 0.2) is 128 Å². The molecule has 3 fully saturated rings. The maximum Gasteiger partial charge on any atom is 0.249 e. The van der Waals surface area contributed by atoms with Gasteiger partial charge in [0.2, 0.25) is 17.7 Å². The van der Waals surface area contributed by atoms with E-state index in [1.54, 1.807) is 18.6 Å². The van der Waals surface area contributed by atoms with Gasteiger partial charge in [-0.25, -0.2) is 14.0 Å². The molecule has 3 aliphatic rings. The van der Waals surface area contributed by atoms with Gasteiger partial charge in [-0.1, -0.05) is 135 Å². The Balaban J connectivity index is 0.000000133. The molecular formula is C49H50N6O3. The van der Waals surface area contributed by atoms with E-state index in [1.807, 2.05) is 146 Å². The summed E-state index contributed by atoms with van der Waals surface area (Å²) in [6, 6.07) is 35.8. The molecule has 58 heavy (non-hydrogen) atoms. The second-order valence-corrected chi connectivity index (χ2v) is 15.0. The third-order valence-electron chi connectivity index (χ3n) is 10.6. The van der Waals surface area contributed by atoms with Crippen LogP contribution in [0, 0.1) is 17.8 Å². The lowest BCUT2D eigenvalue weighted by Gasteiger charge is -2.22. The molecule has 3 aromatic carbocycles. The molecule has 3 aliphatic carbocycles. The number of carbonyl (C=O) groups is 3. The summed E-state index contributed by atoms with van der Waals surface area (Å²) in [7, 11) is 0. The van der Waals surface area contributed by atoms with E-state index in [0.717, 1.165) is 72.3 Å². The van der Waals surface area contributed by atoms with Crippen molar-refractivity contribution in [2.24, 2.45) is 17.8 Å². The second-order valence-electron chi connectivity index (χ2n) is 15.0. The predicted octanol–water partition coefficient (Wildman–Crippen LogP) is 10.9. The fourth-order valence-corrected chi connectivity index (χ4v) is 6.78. The van der Waals surface area contributed by atoms with E-state index in [1.165, 1.54) is 39.7 Å². The zero-order valence-electron chi connectivity index (χ0n) is 32.8. The van der Waals surface area contributed by atoms with Crippen LogP contribution in [0.5, 0.6) is 0 Å². The quantitative estimate of drug-likeness (QED) is 0.145. The van der Waals surface area contributed by atoms with Crippen LogP contribution in [0.2, 0.25) is 0 Å². The number of benzene rings is 3. The normalized spacial score (nSPS) is 15.7. The molecule has 3 aromatic heterocycles. The first-order valence-electron chi connectivity index (χ1n) is 20.5. The van der Waals surface area contributed by atoms with Gasteiger partial charge >= 0.3 is 0 Å². The van der Waals surface area contributed by atoms with Crippen molar-refractivity contribution in [3.05, 3.63) is 162 Å². The lowest BCUT2D eigenvalue weighted by Crippen LogP contribution is -2.27. The minimum absolute atomic E-state index is 0.120. The van der Waals surface area contributed by atoms with Gasteiger partial charge in [0.05, 0.1) is 17.1 Å². The van der Waals surface area contributed by atoms with E-state index in [4.69, 9.17) is 0 Å². The highest BCUT2D eigenvalue weighted by atomic mass is 16.2. The minimum atomic E-state index is 0.120. The molecule has 0 spiro atoms. The second kappa shape index (κ2) is 20.1. The number of hydrogen-bond donors (Lipinski definition) is 0. The van der Waals surface area contributed by atoms with Crippen molar-refractivity contribution in [1.29, 1.82) is 0 Å². The van der Waals surface area contributed by atoms with Crippen molar-refractivity contribution in [3.8, 4) is 0 Å². The van der Waals surface area contributed by atoms with Crippen molar-refractivity contribution < 1.29 is 14.4 Å². The van der Waals surface area contributed by atoms with Crippen LogP contribution >= 0.6 is 0 Å². The fourth-order valence-electron chi connectivity index (χ4n) is 6.78. The Bertz CT molecular complexity index is 2320. The van der Waals surface area contributed by atoms with E-state index in [2.05, 4.69) is 15.3 Å². The number of nitrogens with zero attached hydrogens (tertiary/aromatic N) is 6. The summed E-state index contributed by atoms with van der Waals surface area (Å²) in [5, 5.41) is 13.0. The number of hydrogen-bond acceptors (Lipinski definition) is 6. The maximum absolute atomic E-state index is 12.4. The molecule has 6 aromatic rings. The number of carbonyl (C=O) groups excluding carboxylic acids is 3. The topological polar surface area (TPSA) is 105 Å². The van der Waals surface area contributed by atoms with Crippen LogP contribution in [0.25, 0.3) is 36.5 Å². The molecule has 0 atom stereocenters.